The minimum absolute atomic E-state index is 0.182. The highest BCUT2D eigenvalue weighted by molar-refractivity contribution is 6.08. The third-order valence-electron chi connectivity index (χ3n) is 5.57. The van der Waals surface area contributed by atoms with Crippen molar-refractivity contribution in [2.45, 2.75) is 25.8 Å². The lowest BCUT2D eigenvalue weighted by molar-refractivity contribution is 0.102. The van der Waals surface area contributed by atoms with Crippen LogP contribution in [-0.4, -0.2) is 38.7 Å². The predicted octanol–water partition coefficient (Wildman–Crippen LogP) is 4.05. The van der Waals surface area contributed by atoms with Gasteiger partial charge in [-0.05, 0) is 30.9 Å². The van der Waals surface area contributed by atoms with Crippen molar-refractivity contribution in [2.75, 3.05) is 23.3 Å². The Morgan fingerprint density at radius 1 is 1.10 bits per heavy atom. The Kier molecular flexibility index (Phi) is 4.93. The summed E-state index contributed by atoms with van der Waals surface area (Å²) in [7, 11) is 0. The maximum absolute atomic E-state index is 12.8. The van der Waals surface area contributed by atoms with E-state index < -0.39 is 0 Å². The highest BCUT2D eigenvalue weighted by Crippen LogP contribution is 2.28. The van der Waals surface area contributed by atoms with E-state index in [0.717, 1.165) is 41.1 Å². The van der Waals surface area contributed by atoms with Crippen LogP contribution in [-0.2, 0) is 6.54 Å². The highest BCUT2D eigenvalue weighted by Gasteiger charge is 2.16. The molecule has 0 saturated carbocycles. The maximum Gasteiger partial charge on any atom is 0.258 e. The van der Waals surface area contributed by atoms with Crippen molar-refractivity contribution in [3.8, 4) is 0 Å². The summed E-state index contributed by atoms with van der Waals surface area (Å²) >= 11 is 0. The minimum atomic E-state index is -0.182. The van der Waals surface area contributed by atoms with Gasteiger partial charge in [0, 0.05) is 30.9 Å². The summed E-state index contributed by atoms with van der Waals surface area (Å²) in [4.78, 5) is 22.9. The van der Waals surface area contributed by atoms with Crippen LogP contribution in [0.5, 0.6) is 0 Å². The Balaban J connectivity index is 1.33. The molecule has 30 heavy (non-hydrogen) atoms. The van der Waals surface area contributed by atoms with Crippen LogP contribution in [0.1, 0.15) is 35.2 Å². The van der Waals surface area contributed by atoms with Crippen molar-refractivity contribution in [1.82, 2.24) is 19.7 Å². The van der Waals surface area contributed by atoms with Crippen molar-refractivity contribution in [3.63, 3.8) is 0 Å². The first-order valence-electron chi connectivity index (χ1n) is 10.4. The molecule has 0 atom stereocenters. The van der Waals surface area contributed by atoms with E-state index in [2.05, 4.69) is 31.3 Å². The standard InChI is InChI=1S/C23H24N6O/c30-23(18-12-26-29(16-18)15-17-7-3-1-4-8-17)27-21-14-25-22-20(21)11-19(13-24-22)28-9-5-2-6-10-28/h1,3-4,7-8,11-14,16H,2,5-6,9-10,15H2,(H,24,25)(H,27,30). The number of carbonyl (C=O) groups is 1. The Hall–Kier alpha value is -3.61. The van der Waals surface area contributed by atoms with E-state index in [1.54, 1.807) is 23.3 Å². The number of benzene rings is 1. The molecule has 4 heterocycles. The minimum Gasteiger partial charge on any atom is -0.370 e. The molecule has 7 nitrogen and oxygen atoms in total. The van der Waals surface area contributed by atoms with Gasteiger partial charge in [-0.25, -0.2) is 4.98 Å². The molecule has 0 aliphatic carbocycles. The second-order valence-corrected chi connectivity index (χ2v) is 7.71. The number of anilines is 2. The molecule has 5 rings (SSSR count). The van der Waals surface area contributed by atoms with Gasteiger partial charge in [0.2, 0.25) is 0 Å². The predicted molar refractivity (Wildman–Crippen MR) is 118 cm³/mol. The van der Waals surface area contributed by atoms with Crippen LogP contribution in [0.3, 0.4) is 0 Å². The van der Waals surface area contributed by atoms with E-state index in [1.165, 1.54) is 19.3 Å². The number of nitrogens with zero attached hydrogens (tertiary/aromatic N) is 4. The van der Waals surface area contributed by atoms with Crippen LogP contribution in [0.2, 0.25) is 0 Å². The van der Waals surface area contributed by atoms with Gasteiger partial charge in [0.1, 0.15) is 5.65 Å². The van der Waals surface area contributed by atoms with Gasteiger partial charge in [0.25, 0.3) is 5.91 Å². The third kappa shape index (κ3) is 3.78. The number of hydrogen-bond acceptors (Lipinski definition) is 4. The fourth-order valence-electron chi connectivity index (χ4n) is 3.95. The van der Waals surface area contributed by atoms with Gasteiger partial charge in [-0.1, -0.05) is 30.3 Å². The lowest BCUT2D eigenvalue weighted by atomic mass is 10.1. The molecule has 0 spiro atoms. The Morgan fingerprint density at radius 2 is 1.93 bits per heavy atom. The molecule has 0 unspecified atom stereocenters. The van der Waals surface area contributed by atoms with E-state index in [4.69, 9.17) is 0 Å². The van der Waals surface area contributed by atoms with Crippen molar-refractivity contribution < 1.29 is 4.79 Å². The maximum atomic E-state index is 12.8. The van der Waals surface area contributed by atoms with Crippen LogP contribution in [0, 0.1) is 0 Å². The zero-order valence-electron chi connectivity index (χ0n) is 16.7. The molecule has 1 aromatic carbocycles. The quantitative estimate of drug-likeness (QED) is 0.530. The number of carbonyl (C=O) groups excluding carboxylic acids is 1. The normalized spacial score (nSPS) is 14.2. The van der Waals surface area contributed by atoms with Gasteiger partial charge in [-0.15, -0.1) is 0 Å². The van der Waals surface area contributed by atoms with Crippen LogP contribution in [0.15, 0.2) is 61.2 Å². The zero-order valence-corrected chi connectivity index (χ0v) is 16.7. The average Bonchev–Trinajstić information content (AvgIpc) is 3.42. The summed E-state index contributed by atoms with van der Waals surface area (Å²) in [6.07, 6.45) is 10.8. The summed E-state index contributed by atoms with van der Waals surface area (Å²) in [6.45, 7) is 2.74. The third-order valence-corrected chi connectivity index (χ3v) is 5.57. The monoisotopic (exact) mass is 400 g/mol. The summed E-state index contributed by atoms with van der Waals surface area (Å²) < 4.78 is 1.77. The average molecular weight is 400 g/mol. The molecule has 3 aromatic heterocycles. The summed E-state index contributed by atoms with van der Waals surface area (Å²) in [5.74, 6) is -0.182. The molecule has 2 N–H and O–H groups in total. The first-order valence-corrected chi connectivity index (χ1v) is 10.4. The van der Waals surface area contributed by atoms with E-state index in [-0.39, 0.29) is 5.91 Å². The van der Waals surface area contributed by atoms with E-state index in [1.807, 2.05) is 36.5 Å². The summed E-state index contributed by atoms with van der Waals surface area (Å²) in [5.41, 5.74) is 4.27. The van der Waals surface area contributed by atoms with Crippen molar-refractivity contribution in [2.24, 2.45) is 0 Å². The van der Waals surface area contributed by atoms with E-state index in [9.17, 15) is 4.79 Å². The first kappa shape index (κ1) is 18.4. The first-order chi connectivity index (χ1) is 14.8. The van der Waals surface area contributed by atoms with Crippen LogP contribution < -0.4 is 10.2 Å². The van der Waals surface area contributed by atoms with E-state index in [0.29, 0.717) is 12.1 Å². The number of pyridine rings is 1. The molecule has 1 aliphatic rings. The zero-order chi connectivity index (χ0) is 20.3. The molecule has 1 fully saturated rings. The molecule has 0 bridgehead atoms. The van der Waals surface area contributed by atoms with Crippen molar-refractivity contribution in [3.05, 3.63) is 72.3 Å². The summed E-state index contributed by atoms with van der Waals surface area (Å²) in [5, 5.41) is 8.25. The number of fused-ring (bicyclic) bond motifs is 1. The second-order valence-electron chi connectivity index (χ2n) is 7.71. The molecule has 7 heteroatoms. The number of nitrogens with one attached hydrogen (secondary N) is 2. The smallest absolute Gasteiger partial charge is 0.258 e. The Labute approximate surface area is 174 Å². The second kappa shape index (κ2) is 8.02. The number of aromatic amines is 1. The number of hydrogen-bond donors (Lipinski definition) is 2. The topological polar surface area (TPSA) is 78.8 Å². The highest BCUT2D eigenvalue weighted by atomic mass is 16.1. The van der Waals surface area contributed by atoms with Gasteiger partial charge in [0.15, 0.2) is 0 Å². The number of rotatable bonds is 5. The van der Waals surface area contributed by atoms with E-state index >= 15 is 0 Å². The molecule has 152 valence electrons. The number of aromatic nitrogens is 4. The van der Waals surface area contributed by atoms with Gasteiger partial charge >= 0.3 is 0 Å². The van der Waals surface area contributed by atoms with Crippen LogP contribution in [0.4, 0.5) is 11.4 Å². The molecule has 1 saturated heterocycles. The number of H-pyrrole nitrogens is 1. The van der Waals surface area contributed by atoms with Crippen LogP contribution in [0.25, 0.3) is 11.0 Å². The van der Waals surface area contributed by atoms with Gasteiger partial charge in [-0.2, -0.15) is 5.10 Å². The fraction of sp³-hybridized carbons (Fsp3) is 0.261. The van der Waals surface area contributed by atoms with Crippen molar-refractivity contribution in [1.29, 1.82) is 0 Å². The van der Waals surface area contributed by atoms with Gasteiger partial charge in [0.05, 0.1) is 35.9 Å². The molecule has 1 amide bonds. The Bertz CT molecular complexity index is 1160. The molecule has 1 aliphatic heterocycles. The van der Waals surface area contributed by atoms with Gasteiger partial charge < -0.3 is 15.2 Å². The Morgan fingerprint density at radius 3 is 2.77 bits per heavy atom. The SMILES string of the molecule is O=C(Nc1c[nH]c2ncc(N3CCCCC3)cc12)c1cnn(Cc2ccccc2)c1. The summed E-state index contributed by atoms with van der Waals surface area (Å²) in [6, 6.07) is 12.2. The molecular formula is C23H24N6O. The number of amides is 1. The van der Waals surface area contributed by atoms with Gasteiger partial charge in [-0.3, -0.25) is 9.48 Å². The molecule has 4 aromatic rings. The number of piperidine rings is 1. The lowest BCUT2D eigenvalue weighted by Gasteiger charge is -2.28. The lowest BCUT2D eigenvalue weighted by Crippen LogP contribution is -2.29. The molecule has 0 radical (unpaired) electrons. The fourth-order valence-corrected chi connectivity index (χ4v) is 3.95. The largest absolute Gasteiger partial charge is 0.370 e. The molecular weight excluding hydrogens is 376 g/mol. The van der Waals surface area contributed by atoms with Crippen molar-refractivity contribution >= 4 is 28.3 Å². The van der Waals surface area contributed by atoms with Crippen LogP contribution >= 0.6 is 0 Å².